The molecule has 134 valence electrons. The first-order valence-corrected chi connectivity index (χ1v) is 8.27. The van der Waals surface area contributed by atoms with E-state index >= 15 is 0 Å². The second kappa shape index (κ2) is 6.79. The summed E-state index contributed by atoms with van der Waals surface area (Å²) < 4.78 is 5.49. The fourth-order valence-corrected chi connectivity index (χ4v) is 2.99. The Kier molecular flexibility index (Phi) is 4.71. The molecule has 0 saturated carbocycles. The number of ether oxygens (including phenoxy) is 1. The number of amides is 1. The first-order chi connectivity index (χ1) is 11.9. The first kappa shape index (κ1) is 17.3. The highest BCUT2D eigenvalue weighted by molar-refractivity contribution is 5.92. The van der Waals surface area contributed by atoms with Crippen molar-refractivity contribution in [3.63, 3.8) is 0 Å². The van der Waals surface area contributed by atoms with Crippen molar-refractivity contribution in [3.05, 3.63) is 35.3 Å². The number of nitrogens with one attached hydrogen (secondary N) is 1. The molecule has 1 amide bonds. The van der Waals surface area contributed by atoms with Gasteiger partial charge in [0.2, 0.25) is 0 Å². The zero-order chi connectivity index (χ0) is 18.1. The van der Waals surface area contributed by atoms with E-state index in [1.165, 1.54) is 6.20 Å². The minimum atomic E-state index is -0.158. The zero-order valence-electron chi connectivity index (χ0n) is 15.3. The number of rotatable bonds is 4. The number of H-pyrrole nitrogens is 1. The summed E-state index contributed by atoms with van der Waals surface area (Å²) >= 11 is 0. The number of aromatic nitrogens is 4. The molecule has 1 aliphatic heterocycles. The lowest BCUT2D eigenvalue weighted by molar-refractivity contribution is 0.0678. The van der Waals surface area contributed by atoms with E-state index in [4.69, 9.17) is 4.74 Å². The van der Waals surface area contributed by atoms with E-state index in [-0.39, 0.29) is 18.1 Å². The van der Waals surface area contributed by atoms with Crippen molar-refractivity contribution in [2.24, 2.45) is 0 Å². The van der Waals surface area contributed by atoms with Gasteiger partial charge in [-0.15, -0.1) is 0 Å². The second-order valence-corrected chi connectivity index (χ2v) is 6.55. The van der Waals surface area contributed by atoms with Crippen LogP contribution >= 0.6 is 0 Å². The number of nitrogens with zero attached hydrogens (tertiary/aromatic N) is 5. The Balaban J connectivity index is 1.87. The van der Waals surface area contributed by atoms with Gasteiger partial charge in [0.15, 0.2) is 0 Å². The van der Waals surface area contributed by atoms with Crippen LogP contribution < -0.4 is 4.90 Å². The maximum atomic E-state index is 13.0. The highest BCUT2D eigenvalue weighted by Crippen LogP contribution is 2.33. The summed E-state index contributed by atoms with van der Waals surface area (Å²) in [7, 11) is 5.43. The fraction of sp³-hybridized carbons (Fsp3) is 0.529. The normalized spacial score (nSPS) is 20.1. The van der Waals surface area contributed by atoms with Crippen LogP contribution in [0.4, 0.5) is 5.82 Å². The third-order valence-electron chi connectivity index (χ3n) is 4.63. The molecule has 0 aromatic carbocycles. The molecule has 0 bridgehead atoms. The van der Waals surface area contributed by atoms with Crippen LogP contribution in [0.25, 0.3) is 0 Å². The minimum absolute atomic E-state index is 0.0198. The van der Waals surface area contributed by atoms with E-state index in [1.54, 1.807) is 18.2 Å². The van der Waals surface area contributed by atoms with Crippen molar-refractivity contribution in [3.8, 4) is 0 Å². The van der Waals surface area contributed by atoms with Crippen LogP contribution in [-0.2, 0) is 4.74 Å². The van der Waals surface area contributed by atoms with E-state index in [0.29, 0.717) is 24.5 Å². The molecular formula is C17H24N6O2. The number of carbonyl (C=O) groups excluding carboxylic acids is 1. The predicted molar refractivity (Wildman–Crippen MR) is 93.6 cm³/mol. The van der Waals surface area contributed by atoms with Crippen LogP contribution in [-0.4, -0.2) is 64.6 Å². The lowest BCUT2D eigenvalue weighted by atomic mass is 10.2. The topological polar surface area (TPSA) is 87.2 Å². The van der Waals surface area contributed by atoms with Crippen LogP contribution in [0.5, 0.6) is 0 Å². The Morgan fingerprint density at radius 2 is 2.08 bits per heavy atom. The van der Waals surface area contributed by atoms with Gasteiger partial charge in [0.25, 0.3) is 5.91 Å². The van der Waals surface area contributed by atoms with Gasteiger partial charge in [0.05, 0.1) is 30.2 Å². The van der Waals surface area contributed by atoms with Crippen LogP contribution in [0.2, 0.25) is 0 Å². The van der Waals surface area contributed by atoms with E-state index in [0.717, 1.165) is 17.2 Å². The van der Waals surface area contributed by atoms with Crippen LogP contribution in [0.1, 0.15) is 40.2 Å². The van der Waals surface area contributed by atoms with Crippen LogP contribution in [0.3, 0.4) is 0 Å². The Morgan fingerprint density at radius 3 is 2.60 bits per heavy atom. The average Bonchev–Trinajstić information content (AvgIpc) is 3.18. The Bertz CT molecular complexity index is 735. The molecule has 2 aromatic rings. The van der Waals surface area contributed by atoms with Crippen molar-refractivity contribution in [1.29, 1.82) is 0 Å². The third-order valence-corrected chi connectivity index (χ3v) is 4.63. The molecule has 1 fully saturated rings. The number of likely N-dealkylation sites (tertiary alicyclic amines) is 1. The molecule has 0 radical (unpaired) electrons. The molecule has 0 unspecified atom stereocenters. The van der Waals surface area contributed by atoms with Gasteiger partial charge >= 0.3 is 0 Å². The van der Waals surface area contributed by atoms with Crippen molar-refractivity contribution in [2.75, 3.05) is 32.6 Å². The molecule has 3 rings (SSSR count). The maximum absolute atomic E-state index is 13.0. The molecule has 2 aromatic heterocycles. The van der Waals surface area contributed by atoms with Crippen LogP contribution in [0.15, 0.2) is 12.4 Å². The smallest absolute Gasteiger partial charge is 0.274 e. The van der Waals surface area contributed by atoms with Crippen molar-refractivity contribution in [2.45, 2.75) is 32.4 Å². The summed E-state index contributed by atoms with van der Waals surface area (Å²) in [5, 5.41) is 0. The lowest BCUT2D eigenvalue weighted by Gasteiger charge is -2.22. The van der Waals surface area contributed by atoms with E-state index in [2.05, 4.69) is 19.9 Å². The van der Waals surface area contributed by atoms with Gasteiger partial charge in [-0.1, -0.05) is 0 Å². The number of carbonyl (C=O) groups is 1. The van der Waals surface area contributed by atoms with E-state index < -0.39 is 0 Å². The lowest BCUT2D eigenvalue weighted by Crippen LogP contribution is -2.33. The van der Waals surface area contributed by atoms with E-state index in [1.807, 2.05) is 32.8 Å². The molecule has 2 atom stereocenters. The van der Waals surface area contributed by atoms with Gasteiger partial charge in [-0.2, -0.15) is 0 Å². The van der Waals surface area contributed by atoms with Gasteiger partial charge in [0.1, 0.15) is 17.3 Å². The largest absolute Gasteiger partial charge is 0.380 e. The van der Waals surface area contributed by atoms with Crippen molar-refractivity contribution >= 4 is 11.7 Å². The number of methoxy groups -OCH3 is 1. The number of imidazole rings is 1. The summed E-state index contributed by atoms with van der Waals surface area (Å²) in [6.45, 7) is 4.44. The highest BCUT2D eigenvalue weighted by atomic mass is 16.5. The summed E-state index contributed by atoms with van der Waals surface area (Å²) in [6, 6.07) is -0.153. The van der Waals surface area contributed by atoms with Gasteiger partial charge < -0.3 is 19.5 Å². The number of aryl methyl sites for hydroxylation is 2. The SMILES string of the molecule is CO[C@@H]1C[C@@H](c2nc(C)c(C)[nH]2)N(C(=O)c2cnc(N(C)C)cn2)C1. The molecule has 3 heterocycles. The fourth-order valence-electron chi connectivity index (χ4n) is 2.99. The van der Waals surface area contributed by atoms with Gasteiger partial charge in [-0.3, -0.25) is 4.79 Å². The highest BCUT2D eigenvalue weighted by Gasteiger charge is 2.39. The quantitative estimate of drug-likeness (QED) is 0.904. The maximum Gasteiger partial charge on any atom is 0.274 e. The third kappa shape index (κ3) is 3.34. The first-order valence-electron chi connectivity index (χ1n) is 8.27. The monoisotopic (exact) mass is 344 g/mol. The Labute approximate surface area is 147 Å². The predicted octanol–water partition coefficient (Wildman–Crippen LogP) is 1.48. The molecule has 1 N–H and O–H groups in total. The number of aromatic amines is 1. The molecule has 0 aliphatic carbocycles. The molecule has 8 nitrogen and oxygen atoms in total. The molecule has 1 saturated heterocycles. The molecule has 25 heavy (non-hydrogen) atoms. The number of hydrogen-bond donors (Lipinski definition) is 1. The standard InChI is InChI=1S/C17H24N6O2/c1-10-11(2)21-16(20-10)14-6-12(25-5)9-23(14)17(24)13-7-19-15(8-18-13)22(3)4/h7-8,12,14H,6,9H2,1-5H3,(H,20,21)/t12-,14+/m1/s1. The average molecular weight is 344 g/mol. The Hall–Kier alpha value is -2.48. The van der Waals surface area contributed by atoms with Gasteiger partial charge in [0, 0.05) is 39.9 Å². The minimum Gasteiger partial charge on any atom is -0.380 e. The van der Waals surface area contributed by atoms with Crippen LogP contribution in [0, 0.1) is 13.8 Å². The molecule has 0 spiro atoms. The number of hydrogen-bond acceptors (Lipinski definition) is 6. The summed E-state index contributed by atoms with van der Waals surface area (Å²) in [4.78, 5) is 33.0. The zero-order valence-corrected chi connectivity index (χ0v) is 15.3. The van der Waals surface area contributed by atoms with Crippen molar-refractivity contribution < 1.29 is 9.53 Å². The summed E-state index contributed by atoms with van der Waals surface area (Å²) in [6.07, 6.45) is 3.81. The summed E-state index contributed by atoms with van der Waals surface area (Å²) in [5.74, 6) is 1.34. The van der Waals surface area contributed by atoms with E-state index in [9.17, 15) is 4.79 Å². The van der Waals surface area contributed by atoms with Gasteiger partial charge in [-0.25, -0.2) is 15.0 Å². The molecule has 8 heteroatoms. The molecule has 1 aliphatic rings. The Morgan fingerprint density at radius 1 is 1.32 bits per heavy atom. The second-order valence-electron chi connectivity index (χ2n) is 6.55. The molecular weight excluding hydrogens is 320 g/mol. The van der Waals surface area contributed by atoms with Gasteiger partial charge in [-0.05, 0) is 13.8 Å². The number of anilines is 1. The summed E-state index contributed by atoms with van der Waals surface area (Å²) in [5.41, 5.74) is 2.28. The van der Waals surface area contributed by atoms with Crippen molar-refractivity contribution in [1.82, 2.24) is 24.8 Å².